The zero-order valence-electron chi connectivity index (χ0n) is 19.1. The number of amides is 3. The SMILES string of the molecule is Cn1c(CN2CCC(c3cc4c(cc3F)C(=O)N(C3CCC(=O)NC3=O)C4)CC2)cccc1=O. The molecule has 178 valence electrons. The van der Waals surface area contributed by atoms with Crippen LogP contribution in [0.3, 0.4) is 0 Å². The van der Waals surface area contributed by atoms with Crippen molar-refractivity contribution >= 4 is 17.7 Å². The third-order valence-electron chi connectivity index (χ3n) is 7.34. The molecule has 4 heterocycles. The molecule has 2 aromatic rings. The molecule has 3 aliphatic rings. The van der Waals surface area contributed by atoms with Crippen LogP contribution in [0.25, 0.3) is 0 Å². The summed E-state index contributed by atoms with van der Waals surface area (Å²) in [5.41, 5.74) is 2.56. The minimum absolute atomic E-state index is 0.0338. The number of aromatic nitrogens is 1. The molecule has 9 heteroatoms. The largest absolute Gasteiger partial charge is 0.322 e. The molecule has 0 saturated carbocycles. The van der Waals surface area contributed by atoms with Crippen LogP contribution in [0.5, 0.6) is 0 Å². The van der Waals surface area contributed by atoms with E-state index in [9.17, 15) is 19.2 Å². The van der Waals surface area contributed by atoms with Gasteiger partial charge >= 0.3 is 0 Å². The van der Waals surface area contributed by atoms with E-state index >= 15 is 4.39 Å². The Morgan fingerprint density at radius 3 is 2.56 bits per heavy atom. The number of likely N-dealkylation sites (tertiary alicyclic amines) is 1. The van der Waals surface area contributed by atoms with Gasteiger partial charge in [-0.2, -0.15) is 0 Å². The van der Waals surface area contributed by atoms with E-state index in [0.717, 1.165) is 37.2 Å². The highest BCUT2D eigenvalue weighted by Gasteiger charge is 2.40. The van der Waals surface area contributed by atoms with Crippen molar-refractivity contribution in [3.05, 3.63) is 68.9 Å². The van der Waals surface area contributed by atoms with Crippen LogP contribution >= 0.6 is 0 Å². The van der Waals surface area contributed by atoms with Gasteiger partial charge in [0.05, 0.1) is 0 Å². The Morgan fingerprint density at radius 2 is 1.82 bits per heavy atom. The summed E-state index contributed by atoms with van der Waals surface area (Å²) in [6, 6.07) is 7.64. The Bertz CT molecular complexity index is 1230. The van der Waals surface area contributed by atoms with Gasteiger partial charge in [0.2, 0.25) is 17.4 Å². The van der Waals surface area contributed by atoms with Gasteiger partial charge in [0.25, 0.3) is 5.91 Å². The van der Waals surface area contributed by atoms with E-state index < -0.39 is 11.9 Å². The van der Waals surface area contributed by atoms with E-state index in [0.29, 0.717) is 17.7 Å². The molecule has 1 atom stereocenters. The normalized spacial score (nSPS) is 21.6. The summed E-state index contributed by atoms with van der Waals surface area (Å²) >= 11 is 0. The van der Waals surface area contributed by atoms with Gasteiger partial charge in [0, 0.05) is 43.9 Å². The molecule has 0 aliphatic carbocycles. The van der Waals surface area contributed by atoms with Gasteiger partial charge < -0.3 is 9.47 Å². The van der Waals surface area contributed by atoms with Gasteiger partial charge in [-0.3, -0.25) is 29.4 Å². The lowest BCUT2D eigenvalue weighted by atomic mass is 9.87. The zero-order valence-corrected chi connectivity index (χ0v) is 19.1. The number of hydrogen-bond donors (Lipinski definition) is 1. The van der Waals surface area contributed by atoms with Crippen molar-refractivity contribution in [1.29, 1.82) is 0 Å². The van der Waals surface area contributed by atoms with Crippen molar-refractivity contribution in [2.75, 3.05) is 13.1 Å². The second-order valence-corrected chi connectivity index (χ2v) is 9.40. The van der Waals surface area contributed by atoms with Crippen LogP contribution in [-0.4, -0.2) is 51.2 Å². The fourth-order valence-electron chi connectivity index (χ4n) is 5.32. The molecule has 1 aromatic carbocycles. The first-order valence-corrected chi connectivity index (χ1v) is 11.7. The molecule has 0 radical (unpaired) electrons. The number of carbonyl (C=O) groups excluding carboxylic acids is 3. The van der Waals surface area contributed by atoms with Gasteiger partial charge in [-0.15, -0.1) is 0 Å². The van der Waals surface area contributed by atoms with E-state index in [2.05, 4.69) is 10.2 Å². The molecule has 1 aromatic heterocycles. The van der Waals surface area contributed by atoms with Crippen LogP contribution in [0.4, 0.5) is 4.39 Å². The maximum Gasteiger partial charge on any atom is 0.255 e. The maximum atomic E-state index is 15.1. The second kappa shape index (κ2) is 8.79. The summed E-state index contributed by atoms with van der Waals surface area (Å²) < 4.78 is 16.7. The summed E-state index contributed by atoms with van der Waals surface area (Å²) in [5.74, 6) is -1.51. The number of piperidine rings is 2. The molecule has 3 amide bonds. The number of benzene rings is 1. The number of carbonyl (C=O) groups is 3. The summed E-state index contributed by atoms with van der Waals surface area (Å²) in [6.07, 6.45) is 2.03. The van der Waals surface area contributed by atoms with Gasteiger partial charge in [-0.1, -0.05) is 12.1 Å². The molecule has 3 aliphatic heterocycles. The highest BCUT2D eigenvalue weighted by atomic mass is 19.1. The van der Waals surface area contributed by atoms with E-state index in [1.807, 2.05) is 6.07 Å². The van der Waals surface area contributed by atoms with Crippen LogP contribution in [0.1, 0.15) is 58.8 Å². The molecule has 1 unspecified atom stereocenters. The lowest BCUT2D eigenvalue weighted by molar-refractivity contribution is -0.136. The Morgan fingerprint density at radius 1 is 1.06 bits per heavy atom. The third-order valence-corrected chi connectivity index (χ3v) is 7.34. The molecule has 0 bridgehead atoms. The average molecular weight is 467 g/mol. The van der Waals surface area contributed by atoms with Crippen molar-refractivity contribution < 1.29 is 18.8 Å². The van der Waals surface area contributed by atoms with E-state index in [-0.39, 0.29) is 48.5 Å². The van der Waals surface area contributed by atoms with Crippen molar-refractivity contribution in [3.63, 3.8) is 0 Å². The Hall–Kier alpha value is -3.33. The molecule has 8 nitrogen and oxygen atoms in total. The number of pyridine rings is 1. The van der Waals surface area contributed by atoms with Gasteiger partial charge in [-0.25, -0.2) is 4.39 Å². The fourth-order valence-corrected chi connectivity index (χ4v) is 5.32. The third kappa shape index (κ3) is 4.04. The first kappa shape index (κ1) is 22.5. The number of nitrogens with zero attached hydrogens (tertiary/aromatic N) is 3. The number of halogens is 1. The van der Waals surface area contributed by atoms with Gasteiger partial charge in [0.1, 0.15) is 11.9 Å². The van der Waals surface area contributed by atoms with Crippen LogP contribution < -0.4 is 10.9 Å². The quantitative estimate of drug-likeness (QED) is 0.693. The maximum absolute atomic E-state index is 15.1. The predicted octanol–water partition coefficient (Wildman–Crippen LogP) is 1.66. The number of fused-ring (bicyclic) bond motifs is 1. The van der Waals surface area contributed by atoms with Crippen molar-refractivity contribution in [1.82, 2.24) is 19.7 Å². The van der Waals surface area contributed by atoms with Gasteiger partial charge in [0.15, 0.2) is 0 Å². The molecular formula is C25H27FN4O4. The van der Waals surface area contributed by atoms with Gasteiger partial charge in [-0.05, 0) is 61.5 Å². The molecule has 2 saturated heterocycles. The zero-order chi connectivity index (χ0) is 24.0. The van der Waals surface area contributed by atoms with E-state index in [1.165, 1.54) is 11.0 Å². The standard InChI is InChI=1S/C25H27FN4O4/c1-28-17(3-2-4-23(28)32)14-29-9-7-15(8-10-29)18-11-16-13-30(25(34)19(16)12-20(18)26)21-5-6-22(31)27-24(21)33/h2-4,11-12,15,21H,5-10,13-14H2,1H3,(H,27,31,33). The smallest absolute Gasteiger partial charge is 0.255 e. The van der Waals surface area contributed by atoms with E-state index in [1.54, 1.807) is 29.8 Å². The lowest BCUT2D eigenvalue weighted by Gasteiger charge is -2.32. The molecule has 1 N–H and O–H groups in total. The first-order chi connectivity index (χ1) is 16.3. The van der Waals surface area contributed by atoms with Crippen LogP contribution in [0.2, 0.25) is 0 Å². The topological polar surface area (TPSA) is 91.7 Å². The van der Waals surface area contributed by atoms with E-state index in [4.69, 9.17) is 0 Å². The Kier molecular flexibility index (Phi) is 5.81. The fraction of sp³-hybridized carbons (Fsp3) is 0.440. The monoisotopic (exact) mass is 466 g/mol. The summed E-state index contributed by atoms with van der Waals surface area (Å²) in [7, 11) is 1.77. The number of rotatable bonds is 4. The van der Waals surface area contributed by atoms with Crippen molar-refractivity contribution in [2.24, 2.45) is 7.05 Å². The minimum atomic E-state index is -0.707. The lowest BCUT2D eigenvalue weighted by Crippen LogP contribution is -2.52. The summed E-state index contributed by atoms with van der Waals surface area (Å²) in [5, 5.41) is 2.29. The number of imide groups is 1. The first-order valence-electron chi connectivity index (χ1n) is 11.7. The average Bonchev–Trinajstić information content (AvgIpc) is 3.12. The number of nitrogens with one attached hydrogen (secondary N) is 1. The minimum Gasteiger partial charge on any atom is -0.322 e. The van der Waals surface area contributed by atoms with Crippen LogP contribution in [0.15, 0.2) is 35.1 Å². The second-order valence-electron chi connectivity index (χ2n) is 9.40. The molecule has 5 rings (SSSR count). The molecule has 0 spiro atoms. The molecule has 34 heavy (non-hydrogen) atoms. The van der Waals surface area contributed by atoms with Crippen molar-refractivity contribution in [3.8, 4) is 0 Å². The van der Waals surface area contributed by atoms with Crippen LogP contribution in [0, 0.1) is 5.82 Å². The molecule has 2 fully saturated rings. The Balaban J connectivity index is 1.28. The summed E-state index contributed by atoms with van der Waals surface area (Å²) in [4.78, 5) is 52.2. The highest BCUT2D eigenvalue weighted by molar-refractivity contribution is 6.05. The predicted molar refractivity (Wildman–Crippen MR) is 121 cm³/mol. The van der Waals surface area contributed by atoms with Crippen molar-refractivity contribution in [2.45, 2.75) is 50.7 Å². The molecular weight excluding hydrogens is 439 g/mol. The van der Waals surface area contributed by atoms with Crippen LogP contribution in [-0.2, 0) is 29.7 Å². The summed E-state index contributed by atoms with van der Waals surface area (Å²) in [6.45, 7) is 2.48. The Labute approximate surface area is 196 Å². The highest BCUT2D eigenvalue weighted by Crippen LogP contribution is 2.35. The number of hydrogen-bond acceptors (Lipinski definition) is 5.